The van der Waals surface area contributed by atoms with Crippen molar-refractivity contribution in [1.82, 2.24) is 15.1 Å². The van der Waals surface area contributed by atoms with Crippen molar-refractivity contribution in [3.63, 3.8) is 0 Å². The van der Waals surface area contributed by atoms with E-state index in [1.165, 1.54) is 17.7 Å². The molecular formula is C12H17N3O. The highest BCUT2D eigenvalue weighted by Crippen LogP contribution is 2.31. The molecule has 4 heteroatoms. The highest BCUT2D eigenvalue weighted by atomic mass is 16.5. The van der Waals surface area contributed by atoms with E-state index >= 15 is 0 Å². The van der Waals surface area contributed by atoms with Gasteiger partial charge in [-0.05, 0) is 36.9 Å². The van der Waals surface area contributed by atoms with Crippen molar-refractivity contribution in [2.24, 2.45) is 5.92 Å². The minimum atomic E-state index is 0.544. The maximum Gasteiger partial charge on any atom is 0.139 e. The summed E-state index contributed by atoms with van der Waals surface area (Å²) in [4.78, 5) is 0. The van der Waals surface area contributed by atoms with Gasteiger partial charge >= 0.3 is 0 Å². The average molecular weight is 219 g/mol. The van der Waals surface area contributed by atoms with Crippen LogP contribution in [0.1, 0.15) is 17.7 Å². The number of nitrogens with zero attached hydrogens (tertiary/aromatic N) is 2. The monoisotopic (exact) mass is 219 g/mol. The molecule has 1 saturated heterocycles. The zero-order chi connectivity index (χ0) is 11.0. The number of hydrogen-bond acceptors (Lipinski definition) is 3. The lowest BCUT2D eigenvalue weighted by molar-refractivity contribution is 0.120. The zero-order valence-corrected chi connectivity index (χ0v) is 9.57. The Balaban J connectivity index is 1.95. The van der Waals surface area contributed by atoms with Crippen LogP contribution in [0.5, 0.6) is 0 Å². The van der Waals surface area contributed by atoms with Gasteiger partial charge in [-0.25, -0.2) is 4.68 Å². The first-order chi connectivity index (χ1) is 7.88. The Kier molecular flexibility index (Phi) is 2.53. The van der Waals surface area contributed by atoms with Crippen LogP contribution in [0, 0.1) is 5.92 Å². The molecule has 0 saturated carbocycles. The van der Waals surface area contributed by atoms with Crippen LogP contribution in [0.25, 0.3) is 6.08 Å². The van der Waals surface area contributed by atoms with Gasteiger partial charge in [0.25, 0.3) is 0 Å². The molecule has 2 heterocycles. The molecule has 1 unspecified atom stereocenters. The van der Waals surface area contributed by atoms with Crippen LogP contribution >= 0.6 is 0 Å². The van der Waals surface area contributed by atoms with Crippen LogP contribution in [0.15, 0.2) is 11.8 Å². The van der Waals surface area contributed by atoms with Gasteiger partial charge in [0.15, 0.2) is 0 Å². The van der Waals surface area contributed by atoms with Gasteiger partial charge in [-0.1, -0.05) is 5.57 Å². The topological polar surface area (TPSA) is 39.1 Å². The second-order valence-electron chi connectivity index (χ2n) is 4.55. The lowest BCUT2D eigenvalue weighted by atomic mass is 9.83. The van der Waals surface area contributed by atoms with Crippen molar-refractivity contribution in [3.05, 3.63) is 23.0 Å². The number of rotatable bonds is 2. The summed E-state index contributed by atoms with van der Waals surface area (Å²) in [5.74, 6) is 0.682. The van der Waals surface area contributed by atoms with Gasteiger partial charge < -0.3 is 10.1 Å². The van der Waals surface area contributed by atoms with Gasteiger partial charge in [0, 0.05) is 13.7 Å². The van der Waals surface area contributed by atoms with Crippen molar-refractivity contribution < 1.29 is 4.74 Å². The number of nitrogens with one attached hydrogen (secondary N) is 1. The average Bonchev–Trinajstić information content (AvgIpc) is 2.70. The summed E-state index contributed by atoms with van der Waals surface area (Å²) in [6.07, 6.45) is 6.59. The Hall–Kier alpha value is -1.13. The van der Waals surface area contributed by atoms with E-state index < -0.39 is 0 Å². The van der Waals surface area contributed by atoms with Crippen LogP contribution in [-0.2, 0) is 17.9 Å². The van der Waals surface area contributed by atoms with Crippen LogP contribution < -0.4 is 5.32 Å². The third-order valence-corrected chi connectivity index (χ3v) is 3.51. The minimum absolute atomic E-state index is 0.544. The molecule has 1 atom stereocenters. The molecule has 2 aliphatic rings. The summed E-state index contributed by atoms with van der Waals surface area (Å²) in [6, 6.07) is 0. The zero-order valence-electron chi connectivity index (χ0n) is 9.57. The first-order valence-corrected chi connectivity index (χ1v) is 5.83. The largest absolute Gasteiger partial charge is 0.362 e. The number of ether oxygens (including phenoxy) is 1. The van der Waals surface area contributed by atoms with Gasteiger partial charge in [-0.2, -0.15) is 5.10 Å². The fraction of sp³-hybridized carbons (Fsp3) is 0.583. The van der Waals surface area contributed by atoms with Crippen molar-refractivity contribution in [2.45, 2.75) is 19.6 Å². The van der Waals surface area contributed by atoms with Crippen LogP contribution in [0.2, 0.25) is 0 Å². The second kappa shape index (κ2) is 4.03. The molecule has 0 amide bonds. The fourth-order valence-corrected chi connectivity index (χ4v) is 2.66. The molecule has 16 heavy (non-hydrogen) atoms. The number of aromatic nitrogens is 2. The molecule has 0 bridgehead atoms. The first-order valence-electron chi connectivity index (χ1n) is 5.83. The number of fused-ring (bicyclic) bond motifs is 2. The molecule has 1 aliphatic heterocycles. The Bertz CT molecular complexity index is 422. The quantitative estimate of drug-likeness (QED) is 0.807. The SMILES string of the molecule is COCn1ncc2c1C=C1CCNCC1C2. The summed E-state index contributed by atoms with van der Waals surface area (Å²) in [6.45, 7) is 2.76. The smallest absolute Gasteiger partial charge is 0.139 e. The predicted octanol–water partition coefficient (Wildman–Crippen LogP) is 1.04. The van der Waals surface area contributed by atoms with Crippen molar-refractivity contribution in [3.8, 4) is 0 Å². The molecule has 3 rings (SSSR count). The highest BCUT2D eigenvalue weighted by molar-refractivity contribution is 5.57. The maximum atomic E-state index is 5.15. The van der Waals surface area contributed by atoms with Crippen molar-refractivity contribution in [1.29, 1.82) is 0 Å². The van der Waals surface area contributed by atoms with Gasteiger partial charge in [0.2, 0.25) is 0 Å². The summed E-state index contributed by atoms with van der Waals surface area (Å²) in [5, 5.41) is 7.83. The number of piperidine rings is 1. The van der Waals surface area contributed by atoms with Gasteiger partial charge in [-0.15, -0.1) is 0 Å². The summed E-state index contributed by atoms with van der Waals surface area (Å²) in [7, 11) is 1.71. The maximum absolute atomic E-state index is 5.15. The molecule has 1 fully saturated rings. The normalized spacial score (nSPS) is 23.6. The third-order valence-electron chi connectivity index (χ3n) is 3.51. The summed E-state index contributed by atoms with van der Waals surface area (Å²) < 4.78 is 7.09. The predicted molar refractivity (Wildman–Crippen MR) is 61.9 cm³/mol. The molecule has 1 N–H and O–H groups in total. The van der Waals surface area contributed by atoms with Gasteiger partial charge in [0.1, 0.15) is 6.73 Å². The Labute approximate surface area is 95.3 Å². The van der Waals surface area contributed by atoms with Crippen LogP contribution in [-0.4, -0.2) is 30.0 Å². The van der Waals surface area contributed by atoms with E-state index in [1.807, 2.05) is 10.9 Å². The molecule has 86 valence electrons. The molecule has 1 aromatic rings. The number of methoxy groups -OCH3 is 1. The lowest BCUT2D eigenvalue weighted by Crippen LogP contribution is -2.34. The molecule has 0 spiro atoms. The fourth-order valence-electron chi connectivity index (χ4n) is 2.66. The van der Waals surface area contributed by atoms with Crippen LogP contribution in [0.4, 0.5) is 0 Å². The summed E-state index contributed by atoms with van der Waals surface area (Å²) in [5.41, 5.74) is 4.17. The Morgan fingerprint density at radius 1 is 1.62 bits per heavy atom. The molecular weight excluding hydrogens is 202 g/mol. The van der Waals surface area contributed by atoms with Gasteiger partial charge in [0.05, 0.1) is 11.9 Å². The molecule has 0 radical (unpaired) electrons. The van der Waals surface area contributed by atoms with Gasteiger partial charge in [-0.3, -0.25) is 0 Å². The van der Waals surface area contributed by atoms with E-state index in [4.69, 9.17) is 4.74 Å². The first kappa shape index (κ1) is 10.1. The Morgan fingerprint density at radius 2 is 2.56 bits per heavy atom. The standard InChI is InChI=1S/C12H17N3O/c1-16-8-15-12-5-9-2-3-13-6-10(9)4-11(12)7-14-15/h5,7,10,13H,2-4,6,8H2,1H3. The molecule has 1 aliphatic carbocycles. The van der Waals surface area contributed by atoms with Crippen molar-refractivity contribution in [2.75, 3.05) is 20.2 Å². The number of hydrogen-bond donors (Lipinski definition) is 1. The minimum Gasteiger partial charge on any atom is -0.362 e. The lowest BCUT2D eigenvalue weighted by Gasteiger charge is -2.29. The van der Waals surface area contributed by atoms with Crippen LogP contribution in [0.3, 0.4) is 0 Å². The molecule has 0 aromatic carbocycles. The molecule has 1 aromatic heterocycles. The van der Waals surface area contributed by atoms with E-state index in [2.05, 4.69) is 16.5 Å². The van der Waals surface area contributed by atoms with E-state index in [0.717, 1.165) is 19.5 Å². The third kappa shape index (κ3) is 1.58. The van der Waals surface area contributed by atoms with E-state index in [0.29, 0.717) is 12.6 Å². The highest BCUT2D eigenvalue weighted by Gasteiger charge is 2.25. The molecule has 4 nitrogen and oxygen atoms in total. The second-order valence-corrected chi connectivity index (χ2v) is 4.55. The summed E-state index contributed by atoms with van der Waals surface area (Å²) >= 11 is 0. The van der Waals surface area contributed by atoms with Crippen molar-refractivity contribution >= 4 is 6.08 Å². The van der Waals surface area contributed by atoms with E-state index in [9.17, 15) is 0 Å². The van der Waals surface area contributed by atoms with E-state index in [1.54, 1.807) is 12.7 Å². The Morgan fingerprint density at radius 3 is 3.44 bits per heavy atom. The van der Waals surface area contributed by atoms with E-state index in [-0.39, 0.29) is 0 Å².